The van der Waals surface area contributed by atoms with Crippen molar-refractivity contribution in [2.24, 2.45) is 14.1 Å². The Morgan fingerprint density at radius 3 is 2.62 bits per heavy atom. The molecular formula is C14H13ClN4O2. The summed E-state index contributed by atoms with van der Waals surface area (Å²) in [5, 5.41) is 12.6. The molecule has 2 aromatic rings. The molecule has 2 rings (SSSR count). The maximum absolute atomic E-state index is 11.8. The monoisotopic (exact) mass is 304 g/mol. The highest BCUT2D eigenvalue weighted by Gasteiger charge is 2.07. The molecule has 0 aliphatic carbocycles. The maximum atomic E-state index is 11.8. The second kappa shape index (κ2) is 5.85. The van der Waals surface area contributed by atoms with Crippen LogP contribution in [0.25, 0.3) is 0 Å². The van der Waals surface area contributed by atoms with Crippen molar-refractivity contribution in [3.8, 4) is 6.07 Å². The minimum absolute atomic E-state index is 0.233. The summed E-state index contributed by atoms with van der Waals surface area (Å²) in [5.41, 5.74) is 0.741. The number of hydrogen-bond donors (Lipinski definition) is 1. The summed E-state index contributed by atoms with van der Waals surface area (Å²) in [6.45, 7) is 0.233. The average molecular weight is 305 g/mol. The van der Waals surface area contributed by atoms with Crippen LogP contribution in [0.2, 0.25) is 5.02 Å². The van der Waals surface area contributed by atoms with Gasteiger partial charge in [-0.3, -0.25) is 13.9 Å². The fraction of sp³-hybridized carbons (Fsp3) is 0.214. The first-order valence-corrected chi connectivity index (χ1v) is 6.51. The number of nitrogens with zero attached hydrogens (tertiary/aromatic N) is 3. The fourth-order valence-corrected chi connectivity index (χ4v) is 2.07. The molecule has 1 N–H and O–H groups in total. The van der Waals surface area contributed by atoms with Gasteiger partial charge in [-0.15, -0.1) is 0 Å². The normalized spacial score (nSPS) is 10.2. The van der Waals surface area contributed by atoms with Gasteiger partial charge in [0.2, 0.25) is 0 Å². The minimum atomic E-state index is -0.397. The lowest BCUT2D eigenvalue weighted by molar-refractivity contribution is 0.655. The predicted molar refractivity (Wildman–Crippen MR) is 80.4 cm³/mol. The number of nitrogens with one attached hydrogen (secondary N) is 1. The van der Waals surface area contributed by atoms with E-state index in [1.54, 1.807) is 25.2 Å². The highest BCUT2D eigenvalue weighted by Crippen LogP contribution is 2.20. The molecule has 0 aliphatic heterocycles. The van der Waals surface area contributed by atoms with Gasteiger partial charge in [0.25, 0.3) is 5.56 Å². The quantitative estimate of drug-likeness (QED) is 0.924. The van der Waals surface area contributed by atoms with E-state index in [1.165, 1.54) is 17.7 Å². The molecule has 0 radical (unpaired) electrons. The molecule has 0 saturated carbocycles. The Kier molecular flexibility index (Phi) is 4.15. The number of anilines is 1. The largest absolute Gasteiger partial charge is 0.378 e. The van der Waals surface area contributed by atoms with Crippen molar-refractivity contribution in [1.82, 2.24) is 9.13 Å². The Labute approximate surface area is 125 Å². The molecule has 0 fully saturated rings. The van der Waals surface area contributed by atoms with E-state index in [4.69, 9.17) is 16.9 Å². The average Bonchev–Trinajstić information content (AvgIpc) is 2.47. The molecule has 0 aliphatic rings. The molecule has 0 saturated heterocycles. The van der Waals surface area contributed by atoms with Gasteiger partial charge in [-0.25, -0.2) is 4.79 Å². The van der Waals surface area contributed by atoms with Gasteiger partial charge in [-0.05, 0) is 18.2 Å². The first-order valence-electron chi connectivity index (χ1n) is 6.13. The van der Waals surface area contributed by atoms with Crippen molar-refractivity contribution < 1.29 is 0 Å². The van der Waals surface area contributed by atoms with Crippen LogP contribution in [-0.4, -0.2) is 9.13 Å². The SMILES string of the molecule is Cn1c(CNc2cc(Cl)ccc2C#N)cc(=O)n(C)c1=O. The van der Waals surface area contributed by atoms with Crippen molar-refractivity contribution in [2.75, 3.05) is 5.32 Å². The van der Waals surface area contributed by atoms with Crippen LogP contribution in [0.4, 0.5) is 5.69 Å². The standard InChI is InChI=1S/C14H13ClN4O2/c1-18-11(6-13(20)19(2)14(18)21)8-17-12-5-10(15)4-3-9(12)7-16/h3-6,17H,8H2,1-2H3. The molecule has 0 unspecified atom stereocenters. The van der Waals surface area contributed by atoms with Crippen LogP contribution in [0.15, 0.2) is 33.9 Å². The van der Waals surface area contributed by atoms with Gasteiger partial charge >= 0.3 is 5.69 Å². The van der Waals surface area contributed by atoms with E-state index in [0.717, 1.165) is 4.57 Å². The zero-order valence-corrected chi connectivity index (χ0v) is 12.3. The van der Waals surface area contributed by atoms with E-state index < -0.39 is 5.69 Å². The van der Waals surface area contributed by atoms with E-state index >= 15 is 0 Å². The number of halogens is 1. The van der Waals surface area contributed by atoms with Gasteiger partial charge in [-0.1, -0.05) is 11.6 Å². The van der Waals surface area contributed by atoms with Crippen LogP contribution in [0, 0.1) is 11.3 Å². The summed E-state index contributed by atoms with van der Waals surface area (Å²) in [7, 11) is 3.01. The lowest BCUT2D eigenvalue weighted by Crippen LogP contribution is -2.38. The van der Waals surface area contributed by atoms with E-state index in [-0.39, 0.29) is 12.1 Å². The fourth-order valence-electron chi connectivity index (χ4n) is 1.89. The number of nitriles is 1. The molecular weight excluding hydrogens is 292 g/mol. The predicted octanol–water partition coefficient (Wildman–Crippen LogP) is 1.22. The highest BCUT2D eigenvalue weighted by molar-refractivity contribution is 6.30. The molecule has 1 aromatic carbocycles. The van der Waals surface area contributed by atoms with E-state index in [0.29, 0.717) is 22.0 Å². The summed E-state index contributed by atoms with van der Waals surface area (Å²) in [6, 6.07) is 8.28. The number of hydrogen-bond acceptors (Lipinski definition) is 4. The van der Waals surface area contributed by atoms with Crippen molar-refractivity contribution in [1.29, 1.82) is 5.26 Å². The Morgan fingerprint density at radius 2 is 1.95 bits per heavy atom. The molecule has 1 heterocycles. The molecule has 6 nitrogen and oxygen atoms in total. The first kappa shape index (κ1) is 14.9. The summed E-state index contributed by atoms with van der Waals surface area (Å²) >= 11 is 5.90. The molecule has 108 valence electrons. The molecule has 1 aromatic heterocycles. The Hall–Kier alpha value is -2.52. The van der Waals surface area contributed by atoms with Crippen molar-refractivity contribution >= 4 is 17.3 Å². The molecule has 0 amide bonds. The number of rotatable bonds is 3. The van der Waals surface area contributed by atoms with E-state index in [2.05, 4.69) is 11.4 Å². The van der Waals surface area contributed by atoms with E-state index in [1.807, 2.05) is 0 Å². The first-order chi connectivity index (χ1) is 9.93. The summed E-state index contributed by atoms with van der Waals surface area (Å²) in [6.07, 6.45) is 0. The van der Waals surface area contributed by atoms with Gasteiger partial charge in [0, 0.05) is 30.9 Å². The third kappa shape index (κ3) is 2.98. The van der Waals surface area contributed by atoms with E-state index in [9.17, 15) is 9.59 Å². The maximum Gasteiger partial charge on any atom is 0.330 e. The van der Waals surface area contributed by atoms with Crippen molar-refractivity contribution in [3.63, 3.8) is 0 Å². The Bertz CT molecular complexity index is 846. The third-order valence-corrected chi connectivity index (χ3v) is 3.42. The Balaban J connectivity index is 2.34. The summed E-state index contributed by atoms with van der Waals surface area (Å²) in [4.78, 5) is 23.5. The smallest absolute Gasteiger partial charge is 0.330 e. The van der Waals surface area contributed by atoms with Crippen LogP contribution in [0.1, 0.15) is 11.3 Å². The third-order valence-electron chi connectivity index (χ3n) is 3.19. The minimum Gasteiger partial charge on any atom is -0.378 e. The van der Waals surface area contributed by atoms with Gasteiger partial charge < -0.3 is 5.32 Å². The molecule has 0 bridgehead atoms. The number of benzene rings is 1. The molecule has 0 atom stereocenters. The van der Waals surface area contributed by atoms with Crippen LogP contribution in [0.5, 0.6) is 0 Å². The van der Waals surface area contributed by atoms with Crippen LogP contribution < -0.4 is 16.6 Å². The molecule has 7 heteroatoms. The zero-order chi connectivity index (χ0) is 15.6. The van der Waals surface area contributed by atoms with Crippen LogP contribution in [-0.2, 0) is 20.6 Å². The topological polar surface area (TPSA) is 79.8 Å². The second-order valence-corrected chi connectivity index (χ2v) is 4.97. The molecule has 21 heavy (non-hydrogen) atoms. The lowest BCUT2D eigenvalue weighted by Gasteiger charge is -2.12. The molecule has 0 spiro atoms. The van der Waals surface area contributed by atoms with Crippen LogP contribution >= 0.6 is 11.6 Å². The van der Waals surface area contributed by atoms with Gasteiger partial charge in [0.15, 0.2) is 0 Å². The summed E-state index contributed by atoms with van der Waals surface area (Å²) in [5.74, 6) is 0. The number of aromatic nitrogens is 2. The lowest BCUT2D eigenvalue weighted by atomic mass is 10.2. The van der Waals surface area contributed by atoms with Gasteiger partial charge in [0.1, 0.15) is 6.07 Å². The zero-order valence-electron chi connectivity index (χ0n) is 11.6. The van der Waals surface area contributed by atoms with Crippen molar-refractivity contribution in [2.45, 2.75) is 6.54 Å². The van der Waals surface area contributed by atoms with Crippen LogP contribution in [0.3, 0.4) is 0 Å². The summed E-state index contributed by atoms with van der Waals surface area (Å²) < 4.78 is 2.41. The van der Waals surface area contributed by atoms with Gasteiger partial charge in [-0.2, -0.15) is 5.26 Å². The van der Waals surface area contributed by atoms with Crippen molar-refractivity contribution in [3.05, 3.63) is 61.4 Å². The Morgan fingerprint density at radius 1 is 1.24 bits per heavy atom. The highest BCUT2D eigenvalue weighted by atomic mass is 35.5. The van der Waals surface area contributed by atoms with Gasteiger partial charge in [0.05, 0.1) is 17.8 Å². The second-order valence-electron chi connectivity index (χ2n) is 4.53.